The molecule has 2 aliphatic rings. The Hall–Kier alpha value is -1.79. The number of amides is 1. The van der Waals surface area contributed by atoms with Crippen LogP contribution >= 0.6 is 0 Å². The van der Waals surface area contributed by atoms with Crippen LogP contribution in [0.4, 0.5) is 5.69 Å². The zero-order valence-electron chi connectivity index (χ0n) is 13.6. The van der Waals surface area contributed by atoms with E-state index in [1.54, 1.807) is 7.11 Å². The van der Waals surface area contributed by atoms with Gasteiger partial charge in [0.05, 0.1) is 20.3 Å². The zero-order chi connectivity index (χ0) is 16.1. The molecule has 0 aromatic heterocycles. The number of rotatable bonds is 4. The molecule has 2 saturated heterocycles. The van der Waals surface area contributed by atoms with E-state index in [-0.39, 0.29) is 18.0 Å². The van der Waals surface area contributed by atoms with Crippen molar-refractivity contribution < 1.29 is 14.3 Å². The fourth-order valence-corrected chi connectivity index (χ4v) is 3.17. The quantitative estimate of drug-likeness (QED) is 0.858. The summed E-state index contributed by atoms with van der Waals surface area (Å²) in [5.74, 6) is 0.902. The van der Waals surface area contributed by atoms with Gasteiger partial charge in [-0.3, -0.25) is 4.79 Å². The van der Waals surface area contributed by atoms with Crippen LogP contribution in [0.5, 0.6) is 5.75 Å². The lowest BCUT2D eigenvalue weighted by molar-refractivity contribution is -0.126. The minimum absolute atomic E-state index is 0.0437. The molecule has 1 amide bonds. The second-order valence-corrected chi connectivity index (χ2v) is 6.08. The predicted octanol–water partition coefficient (Wildman–Crippen LogP) is 0.769. The molecule has 1 aromatic carbocycles. The molecule has 2 aliphatic heterocycles. The summed E-state index contributed by atoms with van der Waals surface area (Å²) in [5.41, 5.74) is 1.14. The van der Waals surface area contributed by atoms with Crippen LogP contribution in [-0.4, -0.2) is 57.9 Å². The Balaban J connectivity index is 1.58. The van der Waals surface area contributed by atoms with Gasteiger partial charge in [-0.1, -0.05) is 6.07 Å². The van der Waals surface area contributed by atoms with Crippen LogP contribution < -0.4 is 20.3 Å². The first-order valence-corrected chi connectivity index (χ1v) is 8.27. The highest BCUT2D eigenvalue weighted by Gasteiger charge is 2.26. The molecule has 6 heteroatoms. The number of anilines is 1. The number of benzene rings is 1. The third-order valence-electron chi connectivity index (χ3n) is 4.42. The standard InChI is InChI=1S/C17H25N3O3/c1-22-15-6-2-5-14(10-15)20-8-3-4-13(11-20)19-17(21)16-12-23-9-7-18-16/h2,5-6,10,13,16,18H,3-4,7-9,11-12H2,1H3,(H,19,21). The van der Waals surface area contributed by atoms with Gasteiger partial charge >= 0.3 is 0 Å². The molecule has 3 rings (SSSR count). The number of morpholine rings is 1. The second kappa shape index (κ2) is 7.66. The summed E-state index contributed by atoms with van der Waals surface area (Å²) in [6.07, 6.45) is 2.08. The summed E-state index contributed by atoms with van der Waals surface area (Å²) in [6, 6.07) is 8.02. The highest BCUT2D eigenvalue weighted by molar-refractivity contribution is 5.82. The van der Waals surface area contributed by atoms with Crippen LogP contribution in [0.25, 0.3) is 0 Å². The van der Waals surface area contributed by atoms with Gasteiger partial charge in [0, 0.05) is 37.4 Å². The Kier molecular flexibility index (Phi) is 5.35. The number of piperidine rings is 1. The fraction of sp³-hybridized carbons (Fsp3) is 0.588. The van der Waals surface area contributed by atoms with Crippen LogP contribution in [-0.2, 0) is 9.53 Å². The molecule has 23 heavy (non-hydrogen) atoms. The molecule has 2 atom stereocenters. The largest absolute Gasteiger partial charge is 0.497 e. The van der Waals surface area contributed by atoms with Gasteiger partial charge < -0.3 is 25.0 Å². The van der Waals surface area contributed by atoms with Crippen molar-refractivity contribution in [2.75, 3.05) is 44.9 Å². The Morgan fingerprint density at radius 2 is 2.39 bits per heavy atom. The Morgan fingerprint density at radius 1 is 1.48 bits per heavy atom. The van der Waals surface area contributed by atoms with E-state index in [1.807, 2.05) is 18.2 Å². The van der Waals surface area contributed by atoms with Crippen LogP contribution in [0.15, 0.2) is 24.3 Å². The average Bonchev–Trinajstić information content (AvgIpc) is 2.63. The highest BCUT2D eigenvalue weighted by atomic mass is 16.5. The summed E-state index contributed by atoms with van der Waals surface area (Å²) < 4.78 is 10.7. The molecular formula is C17H25N3O3. The Morgan fingerprint density at radius 3 is 3.17 bits per heavy atom. The number of carbonyl (C=O) groups is 1. The van der Waals surface area contributed by atoms with E-state index in [9.17, 15) is 4.79 Å². The minimum atomic E-state index is -0.226. The third kappa shape index (κ3) is 4.14. The molecule has 2 N–H and O–H groups in total. The van der Waals surface area contributed by atoms with Gasteiger partial charge in [-0.2, -0.15) is 0 Å². The van der Waals surface area contributed by atoms with Crippen LogP contribution in [0.3, 0.4) is 0 Å². The predicted molar refractivity (Wildman–Crippen MR) is 89.0 cm³/mol. The van der Waals surface area contributed by atoms with E-state index >= 15 is 0 Å². The van der Waals surface area contributed by atoms with Gasteiger partial charge in [0.15, 0.2) is 0 Å². The van der Waals surface area contributed by atoms with Crippen molar-refractivity contribution in [3.63, 3.8) is 0 Å². The van der Waals surface area contributed by atoms with Gasteiger partial charge in [-0.05, 0) is 25.0 Å². The first-order chi connectivity index (χ1) is 11.3. The van der Waals surface area contributed by atoms with Crippen molar-refractivity contribution in [2.45, 2.75) is 24.9 Å². The maximum atomic E-state index is 12.3. The SMILES string of the molecule is COc1cccc(N2CCCC(NC(=O)C3COCCN3)C2)c1. The highest BCUT2D eigenvalue weighted by Crippen LogP contribution is 2.24. The molecule has 2 fully saturated rings. The topological polar surface area (TPSA) is 62.8 Å². The summed E-state index contributed by atoms with van der Waals surface area (Å²) in [6.45, 7) is 3.70. The molecule has 6 nitrogen and oxygen atoms in total. The monoisotopic (exact) mass is 319 g/mol. The summed E-state index contributed by atoms with van der Waals surface area (Å²) >= 11 is 0. The molecule has 2 heterocycles. The summed E-state index contributed by atoms with van der Waals surface area (Å²) in [7, 11) is 1.68. The number of carbonyl (C=O) groups excluding carboxylic acids is 1. The molecule has 0 spiro atoms. The smallest absolute Gasteiger partial charge is 0.239 e. The van der Waals surface area contributed by atoms with Gasteiger partial charge in [0.2, 0.25) is 5.91 Å². The van der Waals surface area contributed by atoms with E-state index < -0.39 is 0 Å². The number of nitrogens with one attached hydrogen (secondary N) is 2. The van der Waals surface area contributed by atoms with E-state index in [4.69, 9.17) is 9.47 Å². The number of ether oxygens (including phenoxy) is 2. The normalized spacial score (nSPS) is 25.0. The second-order valence-electron chi connectivity index (χ2n) is 6.08. The lowest BCUT2D eigenvalue weighted by atomic mass is 10.0. The van der Waals surface area contributed by atoms with E-state index in [0.29, 0.717) is 13.2 Å². The van der Waals surface area contributed by atoms with Crippen LogP contribution in [0.2, 0.25) is 0 Å². The van der Waals surface area contributed by atoms with Crippen LogP contribution in [0.1, 0.15) is 12.8 Å². The van der Waals surface area contributed by atoms with Gasteiger partial charge in [-0.25, -0.2) is 0 Å². The number of methoxy groups -OCH3 is 1. The number of hydrogen-bond donors (Lipinski definition) is 2. The van der Waals surface area contributed by atoms with E-state index in [1.165, 1.54) is 0 Å². The zero-order valence-corrected chi connectivity index (χ0v) is 13.6. The van der Waals surface area contributed by atoms with Gasteiger partial charge in [-0.15, -0.1) is 0 Å². The van der Waals surface area contributed by atoms with Crippen molar-refractivity contribution in [1.82, 2.24) is 10.6 Å². The van der Waals surface area contributed by atoms with E-state index in [0.717, 1.165) is 43.9 Å². The van der Waals surface area contributed by atoms with Crippen molar-refractivity contribution in [2.24, 2.45) is 0 Å². The molecule has 0 saturated carbocycles. The molecule has 0 bridgehead atoms. The Bertz CT molecular complexity index is 532. The van der Waals surface area contributed by atoms with Gasteiger partial charge in [0.1, 0.15) is 11.8 Å². The first-order valence-electron chi connectivity index (χ1n) is 8.27. The fourth-order valence-electron chi connectivity index (χ4n) is 3.17. The van der Waals surface area contributed by atoms with E-state index in [2.05, 4.69) is 21.6 Å². The van der Waals surface area contributed by atoms with Crippen molar-refractivity contribution >= 4 is 11.6 Å². The lowest BCUT2D eigenvalue weighted by Gasteiger charge is -2.35. The van der Waals surface area contributed by atoms with Crippen LogP contribution in [0, 0.1) is 0 Å². The average molecular weight is 319 g/mol. The first kappa shape index (κ1) is 16.1. The third-order valence-corrected chi connectivity index (χ3v) is 4.42. The van der Waals surface area contributed by atoms with Crippen molar-refractivity contribution in [3.8, 4) is 5.75 Å². The molecule has 0 aliphatic carbocycles. The molecule has 2 unspecified atom stereocenters. The molecule has 0 radical (unpaired) electrons. The van der Waals surface area contributed by atoms with Crippen molar-refractivity contribution in [1.29, 1.82) is 0 Å². The summed E-state index contributed by atoms with van der Waals surface area (Å²) in [5, 5.41) is 6.36. The maximum Gasteiger partial charge on any atom is 0.239 e. The lowest BCUT2D eigenvalue weighted by Crippen LogP contribution is -2.56. The number of nitrogens with zero attached hydrogens (tertiary/aromatic N) is 1. The van der Waals surface area contributed by atoms with Crippen molar-refractivity contribution in [3.05, 3.63) is 24.3 Å². The maximum absolute atomic E-state index is 12.3. The minimum Gasteiger partial charge on any atom is -0.497 e. The Labute approximate surface area is 137 Å². The summed E-state index contributed by atoms with van der Waals surface area (Å²) in [4.78, 5) is 14.6. The number of hydrogen-bond acceptors (Lipinski definition) is 5. The molecule has 1 aromatic rings. The molecule has 126 valence electrons. The van der Waals surface area contributed by atoms with Gasteiger partial charge in [0.25, 0.3) is 0 Å². The molecular weight excluding hydrogens is 294 g/mol.